The summed E-state index contributed by atoms with van der Waals surface area (Å²) >= 11 is 12.0. The fourth-order valence-corrected chi connectivity index (χ4v) is 5.34. The molecule has 0 saturated carbocycles. The number of hydrogen-bond donors (Lipinski definition) is 1. The predicted octanol–water partition coefficient (Wildman–Crippen LogP) is 5.49. The average molecular weight is 477 g/mol. The second kappa shape index (κ2) is 9.02. The monoisotopic (exact) mass is 476 g/mol. The van der Waals surface area contributed by atoms with Crippen molar-refractivity contribution in [2.45, 2.75) is 24.7 Å². The Labute approximate surface area is 192 Å². The van der Waals surface area contributed by atoms with Gasteiger partial charge in [-0.05, 0) is 55.2 Å². The Morgan fingerprint density at radius 1 is 1.00 bits per heavy atom. The molecule has 0 radical (unpaired) electrons. The van der Waals surface area contributed by atoms with Crippen molar-refractivity contribution in [3.63, 3.8) is 0 Å². The number of sulfonamides is 1. The lowest BCUT2D eigenvalue weighted by Gasteiger charge is -2.30. The first kappa shape index (κ1) is 21.9. The van der Waals surface area contributed by atoms with E-state index in [4.69, 9.17) is 23.2 Å². The van der Waals surface area contributed by atoms with Crippen LogP contribution in [0.15, 0.2) is 59.5 Å². The van der Waals surface area contributed by atoms with E-state index in [-0.39, 0.29) is 14.9 Å². The van der Waals surface area contributed by atoms with E-state index in [1.807, 2.05) is 18.2 Å². The second-order valence-corrected chi connectivity index (χ2v) is 10.1. The van der Waals surface area contributed by atoms with Gasteiger partial charge in [-0.2, -0.15) is 0 Å². The summed E-state index contributed by atoms with van der Waals surface area (Å²) in [6.07, 6.45) is 2.31. The smallest absolute Gasteiger partial charge is 0.263 e. The first-order valence-electron chi connectivity index (χ1n) is 9.99. The third kappa shape index (κ3) is 4.95. The highest BCUT2D eigenvalue weighted by Crippen LogP contribution is 2.31. The molecule has 0 amide bonds. The first-order valence-corrected chi connectivity index (χ1v) is 12.2. The van der Waals surface area contributed by atoms with Crippen molar-refractivity contribution in [1.29, 1.82) is 0 Å². The molecule has 9 heteroatoms. The van der Waals surface area contributed by atoms with Gasteiger partial charge in [-0.25, -0.2) is 8.42 Å². The molecule has 0 unspecified atom stereocenters. The maximum atomic E-state index is 12.8. The van der Waals surface area contributed by atoms with Crippen molar-refractivity contribution in [2.24, 2.45) is 5.92 Å². The molecule has 1 N–H and O–H groups in total. The molecule has 2 aromatic carbocycles. The van der Waals surface area contributed by atoms with Gasteiger partial charge >= 0.3 is 0 Å². The molecular formula is C22H22Cl2N4O2S. The van der Waals surface area contributed by atoms with Crippen LogP contribution in [-0.2, 0) is 10.0 Å². The van der Waals surface area contributed by atoms with Crippen LogP contribution in [0.3, 0.4) is 0 Å². The molecule has 6 nitrogen and oxygen atoms in total. The Morgan fingerprint density at radius 3 is 2.45 bits per heavy atom. The Kier molecular flexibility index (Phi) is 6.36. The fourth-order valence-electron chi connectivity index (χ4n) is 3.53. The summed E-state index contributed by atoms with van der Waals surface area (Å²) in [7, 11) is -3.90. The van der Waals surface area contributed by atoms with Crippen molar-refractivity contribution in [3.8, 4) is 11.3 Å². The van der Waals surface area contributed by atoms with Crippen molar-refractivity contribution >= 4 is 44.7 Å². The molecule has 162 valence electrons. The summed E-state index contributed by atoms with van der Waals surface area (Å²) in [6, 6.07) is 15.3. The zero-order valence-electron chi connectivity index (χ0n) is 16.9. The number of hydrogen-bond acceptors (Lipinski definition) is 5. The molecule has 3 aromatic rings. The van der Waals surface area contributed by atoms with Crippen molar-refractivity contribution in [3.05, 3.63) is 64.6 Å². The Morgan fingerprint density at radius 2 is 1.74 bits per heavy atom. The van der Waals surface area contributed by atoms with Gasteiger partial charge in [-0.3, -0.25) is 4.72 Å². The number of nitrogens with zero attached hydrogens (tertiary/aromatic N) is 3. The van der Waals surface area contributed by atoms with Gasteiger partial charge in [0.25, 0.3) is 10.0 Å². The van der Waals surface area contributed by atoms with Gasteiger partial charge in [0, 0.05) is 24.3 Å². The van der Waals surface area contributed by atoms with Crippen molar-refractivity contribution in [1.82, 2.24) is 10.2 Å². The molecule has 0 spiro atoms. The maximum absolute atomic E-state index is 12.8. The molecule has 1 aliphatic rings. The van der Waals surface area contributed by atoms with Crippen molar-refractivity contribution in [2.75, 3.05) is 22.7 Å². The average Bonchev–Trinajstić information content (AvgIpc) is 2.76. The summed E-state index contributed by atoms with van der Waals surface area (Å²) in [5, 5.41) is 8.90. The molecule has 2 heterocycles. The molecule has 1 saturated heterocycles. The van der Waals surface area contributed by atoms with Crippen LogP contribution in [0.1, 0.15) is 19.8 Å². The zero-order chi connectivity index (χ0) is 22.0. The molecule has 1 fully saturated rings. The summed E-state index contributed by atoms with van der Waals surface area (Å²) in [5.74, 6) is 1.61. The van der Waals surface area contributed by atoms with Gasteiger partial charge in [0.05, 0.1) is 15.7 Å². The van der Waals surface area contributed by atoms with Crippen LogP contribution < -0.4 is 9.62 Å². The summed E-state index contributed by atoms with van der Waals surface area (Å²) in [6.45, 7) is 4.24. The first-order chi connectivity index (χ1) is 14.8. The van der Waals surface area contributed by atoms with Gasteiger partial charge in [0.15, 0.2) is 5.82 Å². The molecule has 4 rings (SSSR count). The van der Waals surface area contributed by atoms with Crippen LogP contribution in [0, 0.1) is 5.92 Å². The fraction of sp³-hybridized carbons (Fsp3) is 0.273. The minimum atomic E-state index is -3.90. The maximum Gasteiger partial charge on any atom is 0.263 e. The van der Waals surface area contributed by atoms with Gasteiger partial charge in [-0.1, -0.05) is 48.3 Å². The van der Waals surface area contributed by atoms with Crippen LogP contribution in [0.5, 0.6) is 0 Å². The van der Waals surface area contributed by atoms with E-state index >= 15 is 0 Å². The van der Waals surface area contributed by atoms with Crippen LogP contribution in [0.25, 0.3) is 11.3 Å². The predicted molar refractivity (Wildman–Crippen MR) is 125 cm³/mol. The number of nitrogens with one attached hydrogen (secondary N) is 1. The molecule has 0 atom stereocenters. The lowest BCUT2D eigenvalue weighted by atomic mass is 9.99. The quantitative estimate of drug-likeness (QED) is 0.526. The Hall–Kier alpha value is -2.35. The molecule has 0 aliphatic carbocycles. The number of anilines is 2. The van der Waals surface area contributed by atoms with E-state index in [9.17, 15) is 8.42 Å². The van der Waals surface area contributed by atoms with Crippen LogP contribution in [0.2, 0.25) is 10.0 Å². The van der Waals surface area contributed by atoms with E-state index in [2.05, 4.69) is 26.7 Å². The normalized spacial score (nSPS) is 15.1. The van der Waals surface area contributed by atoms with Gasteiger partial charge in [-0.15, -0.1) is 10.2 Å². The topological polar surface area (TPSA) is 75.2 Å². The number of piperidine rings is 1. The summed E-state index contributed by atoms with van der Waals surface area (Å²) < 4.78 is 28.1. The molecule has 1 aromatic heterocycles. The SMILES string of the molecule is CC1CCN(c2ccc(-c3cccc(NS(=O)(=O)c4cccc(Cl)c4Cl)c3)nn2)CC1. The highest BCUT2D eigenvalue weighted by molar-refractivity contribution is 7.92. The second-order valence-electron chi connectivity index (χ2n) is 7.68. The lowest BCUT2D eigenvalue weighted by Crippen LogP contribution is -2.33. The van der Waals surface area contributed by atoms with Gasteiger partial charge in [0.1, 0.15) is 4.90 Å². The van der Waals surface area contributed by atoms with Crippen LogP contribution in [0.4, 0.5) is 11.5 Å². The van der Waals surface area contributed by atoms with Crippen LogP contribution in [-0.4, -0.2) is 31.7 Å². The largest absolute Gasteiger partial charge is 0.355 e. The number of halogens is 2. The Bertz CT molecular complexity index is 1180. The third-order valence-corrected chi connectivity index (χ3v) is 7.73. The molecular weight excluding hydrogens is 455 g/mol. The van der Waals surface area contributed by atoms with Crippen molar-refractivity contribution < 1.29 is 8.42 Å². The van der Waals surface area contributed by atoms with E-state index in [0.717, 1.165) is 43.2 Å². The van der Waals surface area contributed by atoms with E-state index < -0.39 is 10.0 Å². The van der Waals surface area contributed by atoms with Crippen LogP contribution >= 0.6 is 23.2 Å². The molecule has 1 aliphatic heterocycles. The highest BCUT2D eigenvalue weighted by atomic mass is 35.5. The lowest BCUT2D eigenvalue weighted by molar-refractivity contribution is 0.436. The number of aromatic nitrogens is 2. The minimum Gasteiger partial charge on any atom is -0.355 e. The summed E-state index contributed by atoms with van der Waals surface area (Å²) in [4.78, 5) is 2.17. The van der Waals surface area contributed by atoms with E-state index in [1.54, 1.807) is 24.3 Å². The highest BCUT2D eigenvalue weighted by Gasteiger charge is 2.20. The van der Waals surface area contributed by atoms with Gasteiger partial charge < -0.3 is 4.90 Å². The number of rotatable bonds is 5. The summed E-state index contributed by atoms with van der Waals surface area (Å²) in [5.41, 5.74) is 1.81. The molecule has 31 heavy (non-hydrogen) atoms. The van der Waals surface area contributed by atoms with E-state index in [0.29, 0.717) is 11.4 Å². The molecule has 0 bridgehead atoms. The third-order valence-electron chi connectivity index (χ3n) is 5.37. The van der Waals surface area contributed by atoms with Gasteiger partial charge in [0.2, 0.25) is 0 Å². The standard InChI is InChI=1S/C22H22Cl2N4O2S/c1-15-10-12-28(13-11-15)21-9-8-19(25-26-21)16-4-2-5-17(14-16)27-31(29,30)20-7-3-6-18(23)22(20)24/h2-9,14-15,27H,10-13H2,1H3. The minimum absolute atomic E-state index is 0.0126. The zero-order valence-corrected chi connectivity index (χ0v) is 19.3. The number of benzene rings is 2. The Balaban J connectivity index is 1.54. The van der Waals surface area contributed by atoms with E-state index in [1.165, 1.54) is 12.1 Å².